The molecule has 1 saturated carbocycles. The highest BCUT2D eigenvalue weighted by atomic mass is 19.4. The Kier molecular flexibility index (Phi) is 4.87. The topological polar surface area (TPSA) is 89.2 Å². The van der Waals surface area contributed by atoms with Gasteiger partial charge in [-0.15, -0.1) is 0 Å². The first-order valence-electron chi connectivity index (χ1n) is 8.28. The van der Waals surface area contributed by atoms with E-state index < -0.39 is 29.8 Å². The highest BCUT2D eigenvalue weighted by Crippen LogP contribution is 2.45. The van der Waals surface area contributed by atoms with E-state index >= 15 is 0 Å². The second-order valence-electron chi connectivity index (χ2n) is 6.38. The number of anilines is 1. The van der Waals surface area contributed by atoms with Crippen LogP contribution >= 0.6 is 0 Å². The molecule has 0 bridgehead atoms. The Balaban J connectivity index is 2.17. The molecule has 0 amide bonds. The van der Waals surface area contributed by atoms with Crippen molar-refractivity contribution in [3.05, 3.63) is 23.8 Å². The minimum atomic E-state index is -4.68. The zero-order chi connectivity index (χ0) is 19.8. The predicted octanol–water partition coefficient (Wildman–Crippen LogP) is 3.42. The molecule has 3 rings (SSSR count). The number of benzene rings is 1. The summed E-state index contributed by atoms with van der Waals surface area (Å²) in [5, 5.41) is 0. The third-order valence-corrected chi connectivity index (χ3v) is 4.59. The van der Waals surface area contributed by atoms with Crippen molar-refractivity contribution in [2.24, 2.45) is 21.5 Å². The van der Waals surface area contributed by atoms with E-state index in [-0.39, 0.29) is 17.6 Å². The summed E-state index contributed by atoms with van der Waals surface area (Å²) in [7, 11) is 0. The molecule has 148 valence electrons. The van der Waals surface area contributed by atoms with Crippen LogP contribution < -0.4 is 21.1 Å². The van der Waals surface area contributed by atoms with Crippen LogP contribution in [0.1, 0.15) is 37.7 Å². The van der Waals surface area contributed by atoms with Gasteiger partial charge in [0.25, 0.3) is 0 Å². The molecule has 11 heteroatoms. The van der Waals surface area contributed by atoms with Crippen LogP contribution in [-0.4, -0.2) is 24.2 Å². The maximum absolute atomic E-state index is 13.2. The van der Waals surface area contributed by atoms with Crippen LogP contribution in [0, 0.1) is 0 Å². The van der Waals surface area contributed by atoms with Crippen LogP contribution in [0.25, 0.3) is 0 Å². The molecule has 0 atom stereocenters. The molecular weight excluding hydrogens is 373 g/mol. The Morgan fingerprint density at radius 1 is 1.11 bits per heavy atom. The number of guanidine groups is 2. The van der Waals surface area contributed by atoms with Gasteiger partial charge in [-0.1, -0.05) is 6.42 Å². The molecule has 0 radical (unpaired) electrons. The van der Waals surface area contributed by atoms with Crippen molar-refractivity contribution >= 4 is 17.6 Å². The Hall–Kier alpha value is -2.59. The van der Waals surface area contributed by atoms with Crippen molar-refractivity contribution in [3.8, 4) is 5.75 Å². The van der Waals surface area contributed by atoms with Gasteiger partial charge in [0, 0.05) is 0 Å². The summed E-state index contributed by atoms with van der Waals surface area (Å²) >= 11 is 0. The normalized spacial score (nSPS) is 19.9. The number of aliphatic imine (C=N–C) groups is 2. The van der Waals surface area contributed by atoms with Gasteiger partial charge in [0.1, 0.15) is 11.4 Å². The molecule has 0 saturated heterocycles. The minimum Gasteiger partial charge on any atom is -0.433 e. The van der Waals surface area contributed by atoms with Gasteiger partial charge in [-0.25, -0.2) is 4.99 Å². The molecule has 1 aromatic rings. The third-order valence-electron chi connectivity index (χ3n) is 4.59. The second-order valence-corrected chi connectivity index (χ2v) is 6.38. The van der Waals surface area contributed by atoms with E-state index in [1.807, 2.05) is 0 Å². The van der Waals surface area contributed by atoms with Crippen molar-refractivity contribution in [1.82, 2.24) is 0 Å². The molecule has 1 aliphatic heterocycles. The maximum atomic E-state index is 13.2. The highest BCUT2D eigenvalue weighted by Gasteiger charge is 2.44. The number of nitrogens with two attached hydrogens (primary N) is 2. The molecule has 2 aliphatic rings. The molecule has 1 aromatic carbocycles. The third kappa shape index (κ3) is 3.76. The summed E-state index contributed by atoms with van der Waals surface area (Å²) in [6.45, 7) is -3.22. The molecule has 1 heterocycles. The second kappa shape index (κ2) is 6.86. The summed E-state index contributed by atoms with van der Waals surface area (Å²) < 4.78 is 69.7. The van der Waals surface area contributed by atoms with Gasteiger partial charge in [-0.2, -0.15) is 26.9 Å². The van der Waals surface area contributed by atoms with E-state index in [0.717, 1.165) is 25.3 Å². The number of hydrogen-bond acceptors (Lipinski definition) is 6. The predicted molar refractivity (Wildman–Crippen MR) is 89.6 cm³/mol. The standard InChI is InChI=1S/C16H18F5N5O/c17-12(18)27-11-5-4-9(16(19,20)21)8-10(11)26-14(23)24-13(22)25-15(26)6-2-1-3-7-15/h4-5,8,12H,1-3,6-7H2,(H4,22,23,24,25). The average Bonchev–Trinajstić information content (AvgIpc) is 2.54. The number of rotatable bonds is 3. The van der Waals surface area contributed by atoms with Crippen LogP contribution in [0.5, 0.6) is 5.75 Å². The van der Waals surface area contributed by atoms with Gasteiger partial charge in [0.05, 0.1) is 11.3 Å². The van der Waals surface area contributed by atoms with E-state index in [2.05, 4.69) is 14.7 Å². The molecule has 4 N–H and O–H groups in total. The molecule has 27 heavy (non-hydrogen) atoms. The summed E-state index contributed by atoms with van der Waals surface area (Å²) in [6, 6.07) is 2.23. The van der Waals surface area contributed by atoms with Gasteiger partial charge >= 0.3 is 12.8 Å². The Labute approximate surface area is 151 Å². The van der Waals surface area contributed by atoms with Crippen molar-refractivity contribution in [2.45, 2.75) is 50.6 Å². The van der Waals surface area contributed by atoms with Crippen LogP contribution in [-0.2, 0) is 6.18 Å². The lowest BCUT2D eigenvalue weighted by Crippen LogP contribution is -2.58. The monoisotopic (exact) mass is 391 g/mol. The largest absolute Gasteiger partial charge is 0.433 e. The van der Waals surface area contributed by atoms with E-state index in [1.54, 1.807) is 0 Å². The first-order valence-corrected chi connectivity index (χ1v) is 8.28. The number of hydrogen-bond donors (Lipinski definition) is 2. The number of alkyl halides is 5. The smallest absolute Gasteiger partial charge is 0.416 e. The van der Waals surface area contributed by atoms with E-state index in [9.17, 15) is 22.0 Å². The fourth-order valence-electron chi connectivity index (χ4n) is 3.53. The minimum absolute atomic E-state index is 0.103. The quantitative estimate of drug-likeness (QED) is 0.773. The van der Waals surface area contributed by atoms with Crippen molar-refractivity contribution in [3.63, 3.8) is 0 Å². The zero-order valence-corrected chi connectivity index (χ0v) is 14.1. The lowest BCUT2D eigenvalue weighted by atomic mass is 9.87. The fourth-order valence-corrected chi connectivity index (χ4v) is 3.53. The molecule has 6 nitrogen and oxygen atoms in total. The SMILES string of the molecule is NC1=NC2(CCCCC2)N(c2cc(C(F)(F)F)ccc2OC(F)F)C(N)=N1. The summed E-state index contributed by atoms with van der Waals surface area (Å²) in [5.41, 5.74) is 9.28. The Bertz CT molecular complexity index is 771. The molecule has 0 unspecified atom stereocenters. The van der Waals surface area contributed by atoms with Gasteiger partial charge in [-0.05, 0) is 43.9 Å². The van der Waals surface area contributed by atoms with E-state index in [1.165, 1.54) is 4.90 Å². The Morgan fingerprint density at radius 2 is 1.78 bits per heavy atom. The van der Waals surface area contributed by atoms with Crippen LogP contribution in [0.2, 0.25) is 0 Å². The number of halogens is 5. The molecule has 1 spiro atoms. The maximum Gasteiger partial charge on any atom is 0.416 e. The van der Waals surface area contributed by atoms with Gasteiger partial charge < -0.3 is 16.2 Å². The Morgan fingerprint density at radius 3 is 2.37 bits per heavy atom. The van der Waals surface area contributed by atoms with Crippen LogP contribution in [0.15, 0.2) is 28.2 Å². The van der Waals surface area contributed by atoms with Crippen LogP contribution in [0.4, 0.5) is 27.6 Å². The van der Waals surface area contributed by atoms with Crippen LogP contribution in [0.3, 0.4) is 0 Å². The van der Waals surface area contributed by atoms with E-state index in [0.29, 0.717) is 25.0 Å². The lowest BCUT2D eigenvalue weighted by Gasteiger charge is -2.46. The van der Waals surface area contributed by atoms with Gasteiger partial charge in [-0.3, -0.25) is 4.90 Å². The molecule has 1 fully saturated rings. The number of nitrogens with zero attached hydrogens (tertiary/aromatic N) is 3. The van der Waals surface area contributed by atoms with Gasteiger partial charge in [0.15, 0.2) is 0 Å². The summed E-state index contributed by atoms with van der Waals surface area (Å²) in [5.74, 6) is -0.770. The van der Waals surface area contributed by atoms with Gasteiger partial charge in [0.2, 0.25) is 11.9 Å². The highest BCUT2D eigenvalue weighted by molar-refractivity contribution is 6.06. The zero-order valence-electron chi connectivity index (χ0n) is 14.1. The summed E-state index contributed by atoms with van der Waals surface area (Å²) in [4.78, 5) is 9.38. The first kappa shape index (κ1) is 19.2. The van der Waals surface area contributed by atoms with Crippen molar-refractivity contribution in [2.75, 3.05) is 4.90 Å². The van der Waals surface area contributed by atoms with Crippen molar-refractivity contribution in [1.29, 1.82) is 0 Å². The molecule has 0 aromatic heterocycles. The average molecular weight is 391 g/mol. The fraction of sp³-hybridized carbons (Fsp3) is 0.500. The first-order chi connectivity index (χ1) is 12.6. The molecular formula is C16H18F5N5O. The molecule has 1 aliphatic carbocycles. The summed E-state index contributed by atoms with van der Waals surface area (Å²) in [6.07, 6.45) is -1.44. The lowest BCUT2D eigenvalue weighted by molar-refractivity contribution is -0.137. The number of ether oxygens (including phenoxy) is 1. The van der Waals surface area contributed by atoms with Crippen molar-refractivity contribution < 1.29 is 26.7 Å². The van der Waals surface area contributed by atoms with E-state index in [4.69, 9.17) is 11.5 Å².